The molecule has 0 amide bonds. The molecule has 3 N–H and O–H groups in total. The van der Waals surface area contributed by atoms with Gasteiger partial charge in [-0.25, -0.2) is 4.79 Å². The average molecular weight is 184 g/mol. The van der Waals surface area contributed by atoms with Crippen molar-refractivity contribution in [3.63, 3.8) is 0 Å². The van der Waals surface area contributed by atoms with E-state index in [1.54, 1.807) is 0 Å². The Kier molecular flexibility index (Phi) is 2.54. The van der Waals surface area contributed by atoms with Gasteiger partial charge in [0.15, 0.2) is 0 Å². The molecule has 1 aliphatic rings. The number of carboxylic acids is 1. The number of hydrogen-bond acceptors (Lipinski definition) is 3. The van der Waals surface area contributed by atoms with Crippen molar-refractivity contribution in [2.75, 3.05) is 0 Å². The van der Waals surface area contributed by atoms with Crippen molar-refractivity contribution >= 4 is 5.97 Å². The normalized spacial score (nSPS) is 32.8. The first-order chi connectivity index (χ1) is 6.00. The van der Waals surface area contributed by atoms with Gasteiger partial charge in [-0.05, 0) is 24.1 Å². The lowest BCUT2D eigenvalue weighted by Crippen LogP contribution is -2.48. The maximum atomic E-state index is 10.6. The molecule has 72 valence electrons. The van der Waals surface area contributed by atoms with Crippen molar-refractivity contribution in [1.29, 1.82) is 0 Å². The Labute approximate surface area is 75.8 Å². The quantitative estimate of drug-likeness (QED) is 0.567. The number of hydrogen-bond donors (Lipinski definition) is 3. The van der Waals surface area contributed by atoms with Crippen LogP contribution in [0, 0.1) is 0 Å². The van der Waals surface area contributed by atoms with Crippen LogP contribution in [-0.4, -0.2) is 33.0 Å². The minimum atomic E-state index is -2.17. The van der Waals surface area contributed by atoms with E-state index in [1.165, 1.54) is 12.2 Å². The third kappa shape index (κ3) is 1.64. The summed E-state index contributed by atoms with van der Waals surface area (Å²) in [5.74, 6) is -1.44. The van der Waals surface area contributed by atoms with Crippen molar-refractivity contribution in [2.45, 2.75) is 25.0 Å². The average Bonchev–Trinajstić information content (AvgIpc) is 2.09. The van der Waals surface area contributed by atoms with Gasteiger partial charge in [-0.2, -0.15) is 0 Å². The summed E-state index contributed by atoms with van der Waals surface area (Å²) >= 11 is 0. The zero-order chi connectivity index (χ0) is 10.1. The van der Waals surface area contributed by atoms with E-state index >= 15 is 0 Å². The van der Waals surface area contributed by atoms with Gasteiger partial charge in [0, 0.05) is 0 Å². The Morgan fingerprint density at radius 2 is 2.31 bits per heavy atom. The molecule has 4 heteroatoms. The molecular weight excluding hydrogens is 172 g/mol. The van der Waals surface area contributed by atoms with Gasteiger partial charge in [-0.15, -0.1) is 0 Å². The molecule has 0 spiro atoms. The fourth-order valence-electron chi connectivity index (χ4n) is 1.15. The Hall–Kier alpha value is -1.13. The zero-order valence-electron chi connectivity index (χ0n) is 7.27. The second kappa shape index (κ2) is 3.32. The summed E-state index contributed by atoms with van der Waals surface area (Å²) in [6.07, 6.45) is 3.31. The van der Waals surface area contributed by atoms with E-state index in [9.17, 15) is 15.0 Å². The highest BCUT2D eigenvalue weighted by Crippen LogP contribution is 2.23. The minimum absolute atomic E-state index is 0.698. The predicted molar refractivity (Wildman–Crippen MR) is 46.1 cm³/mol. The molecule has 0 radical (unpaired) electrons. The molecule has 0 fully saturated rings. The van der Waals surface area contributed by atoms with Gasteiger partial charge < -0.3 is 15.3 Å². The van der Waals surface area contributed by atoms with Gasteiger partial charge in [0.25, 0.3) is 0 Å². The lowest BCUT2D eigenvalue weighted by Gasteiger charge is -2.26. The van der Waals surface area contributed by atoms with Crippen molar-refractivity contribution < 1.29 is 20.1 Å². The summed E-state index contributed by atoms with van der Waals surface area (Å²) < 4.78 is 0. The fourth-order valence-corrected chi connectivity index (χ4v) is 1.15. The predicted octanol–water partition coefficient (Wildman–Crippen LogP) is 0.0692. The van der Waals surface area contributed by atoms with Crippen LogP contribution in [-0.2, 0) is 4.79 Å². The third-order valence-electron chi connectivity index (χ3n) is 2.13. The topological polar surface area (TPSA) is 77.8 Å². The first-order valence-electron chi connectivity index (χ1n) is 4.04. The molecule has 1 aliphatic carbocycles. The summed E-state index contributed by atoms with van der Waals surface area (Å²) in [6.45, 7) is 1.88. The number of allylic oxidation sites excluding steroid dienone is 2. The van der Waals surface area contributed by atoms with E-state index in [2.05, 4.69) is 0 Å². The monoisotopic (exact) mass is 184 g/mol. The smallest absolute Gasteiger partial charge is 0.342 e. The molecule has 0 heterocycles. The highest BCUT2D eigenvalue weighted by atomic mass is 16.4. The summed E-state index contributed by atoms with van der Waals surface area (Å²) in [5, 5.41) is 27.4. The Balaban J connectivity index is 2.94. The van der Waals surface area contributed by atoms with Crippen molar-refractivity contribution in [1.82, 2.24) is 0 Å². The minimum Gasteiger partial charge on any atom is -0.479 e. The van der Waals surface area contributed by atoms with Gasteiger partial charge in [0.2, 0.25) is 5.60 Å². The van der Waals surface area contributed by atoms with Gasteiger partial charge >= 0.3 is 5.97 Å². The van der Waals surface area contributed by atoms with E-state index in [1.807, 2.05) is 6.92 Å². The molecule has 2 atom stereocenters. The van der Waals surface area contributed by atoms with Crippen LogP contribution in [0.25, 0.3) is 0 Å². The number of aliphatic carboxylic acids is 1. The fraction of sp³-hybridized carbons (Fsp3) is 0.444. The largest absolute Gasteiger partial charge is 0.479 e. The maximum Gasteiger partial charge on any atom is 0.342 e. The Bertz CT molecular complexity index is 279. The molecule has 0 aliphatic heterocycles. The molecule has 13 heavy (non-hydrogen) atoms. The lowest BCUT2D eigenvalue weighted by molar-refractivity contribution is -0.160. The molecule has 0 aromatic carbocycles. The molecule has 0 saturated carbocycles. The highest BCUT2D eigenvalue weighted by Gasteiger charge is 2.41. The van der Waals surface area contributed by atoms with Crippen LogP contribution in [0.4, 0.5) is 0 Å². The van der Waals surface area contributed by atoms with Crippen molar-refractivity contribution in [3.8, 4) is 0 Å². The van der Waals surface area contributed by atoms with Gasteiger partial charge in [0.1, 0.15) is 6.10 Å². The molecule has 1 rings (SSSR count). The molecule has 0 bridgehead atoms. The van der Waals surface area contributed by atoms with Gasteiger partial charge in [0.05, 0.1) is 0 Å². The van der Waals surface area contributed by atoms with Crippen molar-refractivity contribution in [2.24, 2.45) is 0 Å². The number of aliphatic hydroxyl groups excluding tert-OH is 1. The van der Waals surface area contributed by atoms with E-state index in [4.69, 9.17) is 5.11 Å². The van der Waals surface area contributed by atoms with Crippen LogP contribution < -0.4 is 0 Å². The van der Waals surface area contributed by atoms with Crippen LogP contribution in [0.1, 0.15) is 13.3 Å². The molecular formula is C9H12O4. The van der Waals surface area contributed by atoms with E-state index in [0.717, 1.165) is 11.6 Å². The first-order valence-corrected chi connectivity index (χ1v) is 4.04. The third-order valence-corrected chi connectivity index (χ3v) is 2.13. The number of aliphatic hydroxyl groups is 2. The lowest BCUT2D eigenvalue weighted by atomic mass is 9.89. The first kappa shape index (κ1) is 9.95. The summed E-state index contributed by atoms with van der Waals surface area (Å²) in [5.41, 5.74) is -1.35. The van der Waals surface area contributed by atoms with Crippen LogP contribution in [0.5, 0.6) is 0 Å². The molecule has 4 nitrogen and oxygen atoms in total. The molecule has 0 aromatic rings. The zero-order valence-corrected chi connectivity index (χ0v) is 7.27. The number of rotatable bonds is 2. The number of carbonyl (C=O) groups is 1. The summed E-state index contributed by atoms with van der Waals surface area (Å²) in [6, 6.07) is 0. The second-order valence-electron chi connectivity index (χ2n) is 3.00. The SMILES string of the molecule is CCC1=CC(O)C(O)(C(=O)O)C=C1. The van der Waals surface area contributed by atoms with Crippen LogP contribution in [0.2, 0.25) is 0 Å². The highest BCUT2D eigenvalue weighted by molar-refractivity contribution is 5.81. The summed E-state index contributed by atoms with van der Waals surface area (Å²) in [4.78, 5) is 10.6. The van der Waals surface area contributed by atoms with Crippen LogP contribution in [0.3, 0.4) is 0 Å². The standard InChI is InChI=1S/C9H12O4/c1-2-6-3-4-9(13,8(11)12)7(10)5-6/h3-5,7,10,13H,2H2,1H3,(H,11,12). The molecule has 2 unspecified atom stereocenters. The van der Waals surface area contributed by atoms with Gasteiger partial charge in [-0.1, -0.05) is 13.0 Å². The van der Waals surface area contributed by atoms with Crippen molar-refractivity contribution in [3.05, 3.63) is 23.8 Å². The van der Waals surface area contributed by atoms with E-state index in [0.29, 0.717) is 6.42 Å². The molecule has 0 saturated heterocycles. The maximum absolute atomic E-state index is 10.6. The van der Waals surface area contributed by atoms with Crippen LogP contribution in [0.15, 0.2) is 23.8 Å². The van der Waals surface area contributed by atoms with Crippen LogP contribution >= 0.6 is 0 Å². The van der Waals surface area contributed by atoms with Gasteiger partial charge in [-0.3, -0.25) is 0 Å². The van der Waals surface area contributed by atoms with E-state index in [-0.39, 0.29) is 0 Å². The second-order valence-corrected chi connectivity index (χ2v) is 3.00. The Morgan fingerprint density at radius 3 is 2.69 bits per heavy atom. The summed E-state index contributed by atoms with van der Waals surface area (Å²) in [7, 11) is 0. The Morgan fingerprint density at radius 1 is 1.69 bits per heavy atom. The molecule has 0 aromatic heterocycles. The van der Waals surface area contributed by atoms with E-state index < -0.39 is 17.7 Å². The number of carboxylic acid groups (broad SMARTS) is 1.